The number of hydrogen-bond donors (Lipinski definition) is 1. The van der Waals surface area contributed by atoms with Gasteiger partial charge < -0.3 is 24.3 Å². The van der Waals surface area contributed by atoms with Crippen molar-refractivity contribution in [2.24, 2.45) is 0 Å². The van der Waals surface area contributed by atoms with Gasteiger partial charge in [0.15, 0.2) is 11.5 Å². The fourth-order valence-corrected chi connectivity index (χ4v) is 5.90. The van der Waals surface area contributed by atoms with Gasteiger partial charge in [-0.25, -0.2) is 0 Å². The number of aromatic amines is 1. The van der Waals surface area contributed by atoms with Crippen LogP contribution < -0.4 is 9.47 Å². The fourth-order valence-electron chi connectivity index (χ4n) is 5.90. The van der Waals surface area contributed by atoms with Crippen molar-refractivity contribution in [1.29, 1.82) is 0 Å². The predicted octanol–water partition coefficient (Wildman–Crippen LogP) is 4.09. The van der Waals surface area contributed by atoms with Crippen LogP contribution in [0.15, 0.2) is 66.7 Å². The first-order valence-electron chi connectivity index (χ1n) is 12.2. The summed E-state index contributed by atoms with van der Waals surface area (Å²) < 4.78 is 10.9. The molecule has 0 bridgehead atoms. The number of H-pyrrole nitrogens is 1. The van der Waals surface area contributed by atoms with Crippen LogP contribution in [-0.2, 0) is 22.6 Å². The van der Waals surface area contributed by atoms with E-state index < -0.39 is 6.04 Å². The number of aryl methyl sites for hydroxylation is 1. The molecule has 1 aromatic heterocycles. The number of nitrogens with one attached hydrogen (secondary N) is 1. The molecule has 3 aromatic carbocycles. The molecule has 4 heterocycles. The summed E-state index contributed by atoms with van der Waals surface area (Å²) >= 11 is 0. The maximum absolute atomic E-state index is 13.9. The SMILES string of the molecule is Cc1cccc([C@H]2c3[nH]c4ccccc4c3C[C@H]3C(=O)N(Cc4ccc5c(c4)OCO5)CC(=O)N23)c1. The van der Waals surface area contributed by atoms with Crippen molar-refractivity contribution in [2.75, 3.05) is 13.3 Å². The number of amides is 2. The van der Waals surface area contributed by atoms with Crippen molar-refractivity contribution < 1.29 is 19.1 Å². The Balaban J connectivity index is 1.30. The van der Waals surface area contributed by atoms with E-state index >= 15 is 0 Å². The molecule has 1 fully saturated rings. The second-order valence-electron chi connectivity index (χ2n) is 9.78. The second kappa shape index (κ2) is 7.88. The highest BCUT2D eigenvalue weighted by Crippen LogP contribution is 2.43. The van der Waals surface area contributed by atoms with E-state index in [9.17, 15) is 9.59 Å². The zero-order valence-electron chi connectivity index (χ0n) is 19.9. The first-order chi connectivity index (χ1) is 17.6. The summed E-state index contributed by atoms with van der Waals surface area (Å²) in [6.45, 7) is 2.64. The van der Waals surface area contributed by atoms with Crippen molar-refractivity contribution in [3.63, 3.8) is 0 Å². The minimum Gasteiger partial charge on any atom is -0.454 e. The van der Waals surface area contributed by atoms with Gasteiger partial charge in [-0.05, 0) is 41.8 Å². The molecule has 0 spiro atoms. The van der Waals surface area contributed by atoms with Gasteiger partial charge in [0.2, 0.25) is 18.6 Å². The summed E-state index contributed by atoms with van der Waals surface area (Å²) in [5, 5.41) is 1.11. The van der Waals surface area contributed by atoms with Gasteiger partial charge in [-0.3, -0.25) is 9.59 Å². The van der Waals surface area contributed by atoms with Crippen molar-refractivity contribution in [1.82, 2.24) is 14.8 Å². The standard InChI is InChI=1S/C29H25N3O4/c1-17-5-4-6-19(11-17)28-27-21(20-7-2-3-8-22(20)30-27)13-23-29(34)31(15-26(33)32(23)28)14-18-9-10-24-25(12-18)36-16-35-24/h2-12,23,28,30H,13-16H2,1H3/t23-,28-/m0/s1. The summed E-state index contributed by atoms with van der Waals surface area (Å²) in [7, 11) is 0. The Labute approximate surface area is 208 Å². The minimum absolute atomic E-state index is 0.0270. The van der Waals surface area contributed by atoms with Crippen molar-refractivity contribution >= 4 is 22.7 Å². The maximum Gasteiger partial charge on any atom is 0.246 e. The Bertz CT molecular complexity index is 1540. The summed E-state index contributed by atoms with van der Waals surface area (Å²) in [5.41, 5.74) is 6.18. The van der Waals surface area contributed by atoms with Crippen molar-refractivity contribution in [2.45, 2.75) is 32.0 Å². The molecule has 1 N–H and O–H groups in total. The number of aromatic nitrogens is 1. The lowest BCUT2D eigenvalue weighted by Gasteiger charge is -2.47. The molecule has 2 atom stereocenters. The lowest BCUT2D eigenvalue weighted by molar-refractivity contribution is -0.159. The highest BCUT2D eigenvalue weighted by molar-refractivity contribution is 5.97. The molecule has 180 valence electrons. The number of carbonyl (C=O) groups is 2. The first kappa shape index (κ1) is 21.1. The number of ether oxygens (including phenoxy) is 2. The molecule has 36 heavy (non-hydrogen) atoms. The number of rotatable bonds is 3. The Morgan fingerprint density at radius 3 is 2.72 bits per heavy atom. The van der Waals surface area contributed by atoms with E-state index in [1.165, 1.54) is 0 Å². The second-order valence-corrected chi connectivity index (χ2v) is 9.78. The highest BCUT2D eigenvalue weighted by Gasteiger charge is 2.48. The molecule has 7 nitrogen and oxygen atoms in total. The van der Waals surface area contributed by atoms with Gasteiger partial charge >= 0.3 is 0 Å². The molecule has 3 aliphatic rings. The third-order valence-electron chi connectivity index (χ3n) is 7.51. The number of fused-ring (bicyclic) bond motifs is 5. The topological polar surface area (TPSA) is 74.9 Å². The van der Waals surface area contributed by atoms with Gasteiger partial charge in [-0.15, -0.1) is 0 Å². The van der Waals surface area contributed by atoms with Crippen LogP contribution in [0.5, 0.6) is 11.5 Å². The molecule has 2 amide bonds. The number of hydrogen-bond acceptors (Lipinski definition) is 4. The molecule has 7 heteroatoms. The molecule has 0 aliphatic carbocycles. The summed E-state index contributed by atoms with van der Waals surface area (Å²) in [6.07, 6.45) is 0.490. The van der Waals surface area contributed by atoms with Crippen LogP contribution in [0.3, 0.4) is 0 Å². The molecular formula is C29H25N3O4. The normalized spacial score (nSPS) is 20.6. The lowest BCUT2D eigenvalue weighted by atomic mass is 9.86. The number of para-hydroxylation sites is 1. The summed E-state index contributed by atoms with van der Waals surface area (Å²) in [6, 6.07) is 21.2. The zero-order valence-corrected chi connectivity index (χ0v) is 19.9. The lowest BCUT2D eigenvalue weighted by Crippen LogP contribution is -2.62. The number of carbonyl (C=O) groups excluding carboxylic acids is 2. The van der Waals surface area contributed by atoms with Crippen LogP contribution in [-0.4, -0.2) is 46.0 Å². The van der Waals surface area contributed by atoms with Crippen molar-refractivity contribution in [3.8, 4) is 11.5 Å². The van der Waals surface area contributed by atoms with Gasteiger partial charge in [-0.1, -0.05) is 54.1 Å². The van der Waals surface area contributed by atoms with E-state index in [0.29, 0.717) is 24.5 Å². The average molecular weight is 480 g/mol. The van der Waals surface area contributed by atoms with Gasteiger partial charge in [0.25, 0.3) is 0 Å². The van der Waals surface area contributed by atoms with E-state index in [2.05, 4.69) is 23.2 Å². The first-order valence-corrected chi connectivity index (χ1v) is 12.2. The van der Waals surface area contributed by atoms with E-state index in [-0.39, 0.29) is 31.2 Å². The van der Waals surface area contributed by atoms with Crippen LogP contribution in [0, 0.1) is 6.92 Å². The Hall–Kier alpha value is -4.26. The smallest absolute Gasteiger partial charge is 0.246 e. The summed E-state index contributed by atoms with van der Waals surface area (Å²) in [4.78, 5) is 34.7. The van der Waals surface area contributed by atoms with Crippen LogP contribution in [0.25, 0.3) is 10.9 Å². The van der Waals surface area contributed by atoms with E-state index in [1.54, 1.807) is 4.90 Å². The third kappa shape index (κ3) is 3.19. The quantitative estimate of drug-likeness (QED) is 0.480. The van der Waals surface area contributed by atoms with Crippen molar-refractivity contribution in [3.05, 3.63) is 94.7 Å². The molecular weight excluding hydrogens is 454 g/mol. The fraction of sp³-hybridized carbons (Fsp3) is 0.241. The Morgan fingerprint density at radius 2 is 1.83 bits per heavy atom. The molecule has 4 aromatic rings. The van der Waals surface area contributed by atoms with Gasteiger partial charge in [0.05, 0.1) is 6.04 Å². The Kier molecular flexibility index (Phi) is 4.61. The average Bonchev–Trinajstić information content (AvgIpc) is 3.50. The van der Waals surface area contributed by atoms with Crippen LogP contribution in [0.2, 0.25) is 0 Å². The highest BCUT2D eigenvalue weighted by atomic mass is 16.7. The molecule has 0 unspecified atom stereocenters. The molecule has 1 saturated heterocycles. The zero-order chi connectivity index (χ0) is 24.4. The largest absolute Gasteiger partial charge is 0.454 e. The van der Waals surface area contributed by atoms with Crippen LogP contribution in [0.4, 0.5) is 0 Å². The monoisotopic (exact) mass is 479 g/mol. The number of benzene rings is 3. The van der Waals surface area contributed by atoms with Gasteiger partial charge in [-0.2, -0.15) is 0 Å². The van der Waals surface area contributed by atoms with Gasteiger partial charge in [0, 0.05) is 29.6 Å². The van der Waals surface area contributed by atoms with E-state index in [0.717, 1.165) is 38.9 Å². The number of piperazine rings is 1. The summed E-state index contributed by atoms with van der Waals surface area (Å²) in [5.74, 6) is 1.30. The molecule has 3 aliphatic heterocycles. The Morgan fingerprint density at radius 1 is 0.972 bits per heavy atom. The van der Waals surface area contributed by atoms with E-state index in [4.69, 9.17) is 9.47 Å². The molecule has 0 radical (unpaired) electrons. The van der Waals surface area contributed by atoms with Crippen LogP contribution >= 0.6 is 0 Å². The van der Waals surface area contributed by atoms with E-state index in [1.807, 2.05) is 60.4 Å². The maximum atomic E-state index is 13.9. The van der Waals surface area contributed by atoms with Crippen LogP contribution in [0.1, 0.15) is 34.0 Å². The molecule has 0 saturated carbocycles. The predicted molar refractivity (Wildman–Crippen MR) is 134 cm³/mol. The molecule has 7 rings (SSSR count). The van der Waals surface area contributed by atoms with Gasteiger partial charge in [0.1, 0.15) is 12.6 Å². The minimum atomic E-state index is -0.558. The number of nitrogens with zero attached hydrogens (tertiary/aromatic N) is 2. The third-order valence-corrected chi connectivity index (χ3v) is 7.51.